The number of carbonyl (C=O) groups is 1. The Morgan fingerprint density at radius 1 is 1.28 bits per heavy atom. The first-order chi connectivity index (χ1) is 8.54. The van der Waals surface area contributed by atoms with Gasteiger partial charge in [0.15, 0.2) is 0 Å². The van der Waals surface area contributed by atoms with Gasteiger partial charge in [0.1, 0.15) is 5.82 Å². The van der Waals surface area contributed by atoms with Crippen molar-refractivity contribution < 1.29 is 14.3 Å². The van der Waals surface area contributed by atoms with Crippen LogP contribution in [0.5, 0.6) is 0 Å². The number of aliphatic hydroxyl groups excluding tert-OH is 1. The van der Waals surface area contributed by atoms with Crippen molar-refractivity contribution in [1.82, 2.24) is 5.32 Å². The number of carbonyl (C=O) groups excluding carboxylic acids is 1. The van der Waals surface area contributed by atoms with Crippen molar-refractivity contribution in [1.29, 1.82) is 0 Å². The number of rotatable bonds is 6. The van der Waals surface area contributed by atoms with Crippen LogP contribution in [0.1, 0.15) is 36.0 Å². The molecule has 2 N–H and O–H groups in total. The third-order valence-corrected chi connectivity index (χ3v) is 2.80. The summed E-state index contributed by atoms with van der Waals surface area (Å²) in [6.45, 7) is 3.97. The second kappa shape index (κ2) is 7.11. The number of benzene rings is 1. The maximum Gasteiger partial charge on any atom is 0.220 e. The van der Waals surface area contributed by atoms with Gasteiger partial charge in [-0.3, -0.25) is 4.79 Å². The van der Waals surface area contributed by atoms with Gasteiger partial charge in [-0.2, -0.15) is 0 Å². The van der Waals surface area contributed by atoms with E-state index in [1.54, 1.807) is 26.0 Å². The van der Waals surface area contributed by atoms with E-state index in [0.29, 0.717) is 36.9 Å². The average molecular weight is 253 g/mol. The number of aryl methyl sites for hydroxylation is 2. The smallest absolute Gasteiger partial charge is 0.220 e. The van der Waals surface area contributed by atoms with Crippen molar-refractivity contribution in [2.45, 2.75) is 39.7 Å². The fourth-order valence-electron chi connectivity index (χ4n) is 1.82. The van der Waals surface area contributed by atoms with Crippen LogP contribution in [0.2, 0.25) is 0 Å². The first-order valence-corrected chi connectivity index (χ1v) is 6.17. The molecule has 1 aromatic rings. The summed E-state index contributed by atoms with van der Waals surface area (Å²) < 4.78 is 13.4. The van der Waals surface area contributed by atoms with E-state index in [1.807, 2.05) is 0 Å². The van der Waals surface area contributed by atoms with Crippen molar-refractivity contribution in [3.8, 4) is 0 Å². The lowest BCUT2D eigenvalue weighted by Gasteiger charge is -2.08. The van der Waals surface area contributed by atoms with Crippen molar-refractivity contribution in [3.05, 3.63) is 34.6 Å². The van der Waals surface area contributed by atoms with E-state index in [2.05, 4.69) is 5.32 Å². The first kappa shape index (κ1) is 14.6. The molecule has 100 valence electrons. The second-order valence-corrected chi connectivity index (χ2v) is 4.50. The number of hydrogen-bond acceptors (Lipinski definition) is 2. The Morgan fingerprint density at radius 3 is 2.44 bits per heavy atom. The van der Waals surface area contributed by atoms with Gasteiger partial charge in [-0.05, 0) is 43.4 Å². The Morgan fingerprint density at radius 2 is 1.89 bits per heavy atom. The third-order valence-electron chi connectivity index (χ3n) is 2.80. The molecule has 0 unspecified atom stereocenters. The summed E-state index contributed by atoms with van der Waals surface area (Å²) in [4.78, 5) is 11.5. The summed E-state index contributed by atoms with van der Waals surface area (Å²) >= 11 is 0. The maximum atomic E-state index is 13.4. The molecule has 0 heterocycles. The Kier molecular flexibility index (Phi) is 5.78. The number of amides is 1. The van der Waals surface area contributed by atoms with Crippen molar-refractivity contribution in [2.24, 2.45) is 0 Å². The minimum Gasteiger partial charge on any atom is -0.396 e. The van der Waals surface area contributed by atoms with Gasteiger partial charge >= 0.3 is 0 Å². The Hall–Kier alpha value is -1.42. The minimum atomic E-state index is -0.187. The highest BCUT2D eigenvalue weighted by Gasteiger charge is 2.05. The van der Waals surface area contributed by atoms with Crippen LogP contribution in [0.15, 0.2) is 12.1 Å². The molecular weight excluding hydrogens is 233 g/mol. The van der Waals surface area contributed by atoms with Crippen LogP contribution >= 0.6 is 0 Å². The molecule has 0 aliphatic rings. The van der Waals surface area contributed by atoms with Crippen LogP contribution in [0.3, 0.4) is 0 Å². The molecule has 0 aromatic heterocycles. The predicted octanol–water partition coefficient (Wildman–Crippen LogP) is 2.22. The summed E-state index contributed by atoms with van der Waals surface area (Å²) in [5.74, 6) is -0.226. The lowest BCUT2D eigenvalue weighted by Crippen LogP contribution is -2.22. The van der Waals surface area contributed by atoms with Gasteiger partial charge in [0.05, 0.1) is 0 Å². The van der Waals surface area contributed by atoms with Gasteiger partial charge in [0, 0.05) is 19.6 Å². The highest BCUT2D eigenvalue weighted by molar-refractivity contribution is 5.75. The molecule has 1 amide bonds. The zero-order chi connectivity index (χ0) is 13.5. The maximum absolute atomic E-state index is 13.4. The van der Waals surface area contributed by atoms with Gasteiger partial charge in [-0.15, -0.1) is 0 Å². The molecule has 3 nitrogen and oxygen atoms in total. The molecule has 18 heavy (non-hydrogen) atoms. The van der Waals surface area contributed by atoms with Gasteiger partial charge < -0.3 is 10.4 Å². The van der Waals surface area contributed by atoms with Crippen LogP contribution in [-0.2, 0) is 11.3 Å². The molecule has 0 aliphatic carbocycles. The van der Waals surface area contributed by atoms with Gasteiger partial charge in [0.25, 0.3) is 0 Å². The van der Waals surface area contributed by atoms with E-state index in [0.717, 1.165) is 5.56 Å². The fourth-order valence-corrected chi connectivity index (χ4v) is 1.82. The average Bonchev–Trinajstić information content (AvgIpc) is 2.33. The van der Waals surface area contributed by atoms with Crippen LogP contribution in [0, 0.1) is 19.7 Å². The van der Waals surface area contributed by atoms with Crippen LogP contribution in [0.4, 0.5) is 4.39 Å². The topological polar surface area (TPSA) is 49.3 Å². The molecule has 0 atom stereocenters. The molecule has 0 bridgehead atoms. The van der Waals surface area contributed by atoms with Crippen LogP contribution < -0.4 is 5.32 Å². The predicted molar refractivity (Wildman–Crippen MR) is 68.7 cm³/mol. The molecule has 0 spiro atoms. The van der Waals surface area contributed by atoms with Gasteiger partial charge in [-0.25, -0.2) is 4.39 Å². The summed E-state index contributed by atoms with van der Waals surface area (Å²) in [7, 11) is 0. The van der Waals surface area contributed by atoms with E-state index in [1.165, 1.54) is 0 Å². The highest BCUT2D eigenvalue weighted by atomic mass is 19.1. The third kappa shape index (κ3) is 4.45. The van der Waals surface area contributed by atoms with E-state index in [-0.39, 0.29) is 18.3 Å². The summed E-state index contributed by atoms with van der Waals surface area (Å²) in [6, 6.07) is 3.49. The summed E-state index contributed by atoms with van der Waals surface area (Å²) in [6.07, 6.45) is 1.74. The number of aliphatic hydroxyl groups is 1. The van der Waals surface area contributed by atoms with Gasteiger partial charge in [0.2, 0.25) is 5.91 Å². The normalized spacial score (nSPS) is 10.4. The zero-order valence-corrected chi connectivity index (χ0v) is 10.9. The number of hydrogen-bond donors (Lipinski definition) is 2. The molecule has 0 aliphatic heterocycles. The number of unbranched alkanes of at least 4 members (excludes halogenated alkanes) is 1. The number of halogens is 1. The Labute approximate surface area is 107 Å². The fraction of sp³-hybridized carbons (Fsp3) is 0.500. The molecule has 0 saturated heterocycles. The van der Waals surface area contributed by atoms with E-state index < -0.39 is 0 Å². The first-order valence-electron chi connectivity index (χ1n) is 6.17. The monoisotopic (exact) mass is 253 g/mol. The van der Waals surface area contributed by atoms with Crippen molar-refractivity contribution in [2.75, 3.05) is 6.61 Å². The molecule has 0 radical (unpaired) electrons. The Bertz CT molecular complexity index is 395. The highest BCUT2D eigenvalue weighted by Crippen LogP contribution is 2.14. The summed E-state index contributed by atoms with van der Waals surface area (Å²) in [5, 5.41) is 11.4. The molecular formula is C14H20FNO2. The Balaban J connectivity index is 2.46. The molecule has 1 rings (SSSR count). The van der Waals surface area contributed by atoms with E-state index in [4.69, 9.17) is 5.11 Å². The van der Waals surface area contributed by atoms with Crippen LogP contribution in [0.25, 0.3) is 0 Å². The SMILES string of the molecule is Cc1cc(CNC(=O)CCCCO)cc(C)c1F. The van der Waals surface area contributed by atoms with Crippen molar-refractivity contribution in [3.63, 3.8) is 0 Å². The standard InChI is InChI=1S/C14H20FNO2/c1-10-7-12(8-11(2)14(10)15)9-16-13(18)5-3-4-6-17/h7-8,17H,3-6,9H2,1-2H3,(H,16,18). The lowest BCUT2D eigenvalue weighted by molar-refractivity contribution is -0.121. The molecule has 0 fully saturated rings. The van der Waals surface area contributed by atoms with E-state index in [9.17, 15) is 9.18 Å². The van der Waals surface area contributed by atoms with Crippen LogP contribution in [-0.4, -0.2) is 17.6 Å². The largest absolute Gasteiger partial charge is 0.396 e. The molecule has 1 aromatic carbocycles. The van der Waals surface area contributed by atoms with E-state index >= 15 is 0 Å². The lowest BCUT2D eigenvalue weighted by atomic mass is 10.1. The second-order valence-electron chi connectivity index (χ2n) is 4.50. The molecule has 0 saturated carbocycles. The quantitative estimate of drug-likeness (QED) is 0.764. The van der Waals surface area contributed by atoms with Gasteiger partial charge in [-0.1, -0.05) is 12.1 Å². The molecule has 4 heteroatoms. The summed E-state index contributed by atoms with van der Waals surface area (Å²) in [5.41, 5.74) is 2.10. The van der Waals surface area contributed by atoms with Crippen molar-refractivity contribution >= 4 is 5.91 Å². The number of nitrogens with one attached hydrogen (secondary N) is 1. The zero-order valence-electron chi connectivity index (χ0n) is 10.9. The minimum absolute atomic E-state index is 0.0388.